The Hall–Kier alpha value is -3.14. The molecule has 2 N–H and O–H groups in total. The molecule has 0 fully saturated rings. The maximum atomic E-state index is 12.4. The van der Waals surface area contributed by atoms with Crippen LogP contribution >= 0.6 is 0 Å². The number of nitrogens with zero attached hydrogens (tertiary/aromatic N) is 3. The monoisotopic (exact) mass is 390 g/mol. The van der Waals surface area contributed by atoms with Crippen molar-refractivity contribution in [3.8, 4) is 11.5 Å². The second-order valence-corrected chi connectivity index (χ2v) is 6.39. The van der Waals surface area contributed by atoms with Gasteiger partial charge in [-0.1, -0.05) is 26.2 Å². The molecule has 10 nitrogen and oxygen atoms in total. The number of benzene rings is 1. The van der Waals surface area contributed by atoms with Gasteiger partial charge in [0, 0.05) is 11.8 Å². The van der Waals surface area contributed by atoms with E-state index >= 15 is 0 Å². The summed E-state index contributed by atoms with van der Waals surface area (Å²) in [5.41, 5.74) is 0.496. The van der Waals surface area contributed by atoms with E-state index in [1.807, 2.05) is 0 Å². The first kappa shape index (κ1) is 19.6. The van der Waals surface area contributed by atoms with Crippen LogP contribution in [0.4, 0.5) is 5.69 Å². The molecular formula is C18H22N4O6. The van der Waals surface area contributed by atoms with Crippen LogP contribution in [0.15, 0.2) is 22.6 Å². The maximum absolute atomic E-state index is 12.4. The summed E-state index contributed by atoms with van der Waals surface area (Å²) in [6.07, 6.45) is 3.85. The molecule has 1 aliphatic heterocycles. The Kier molecular flexibility index (Phi) is 6.43. The fraction of sp³-hybridized carbons (Fsp3) is 0.444. The molecule has 1 aromatic heterocycles. The quantitative estimate of drug-likeness (QED) is 0.274. The summed E-state index contributed by atoms with van der Waals surface area (Å²) in [6, 6.07) is 5.00. The Morgan fingerprint density at radius 1 is 1.32 bits per heavy atom. The van der Waals surface area contributed by atoms with Crippen LogP contribution in [-0.4, -0.2) is 46.1 Å². The van der Waals surface area contributed by atoms with E-state index in [1.165, 1.54) is 0 Å². The highest BCUT2D eigenvalue weighted by Gasteiger charge is 2.24. The number of carbonyl (C=O) groups is 2. The third kappa shape index (κ3) is 4.77. The van der Waals surface area contributed by atoms with Gasteiger partial charge in [-0.3, -0.25) is 14.8 Å². The van der Waals surface area contributed by atoms with Crippen molar-refractivity contribution in [3.63, 3.8) is 0 Å². The van der Waals surface area contributed by atoms with E-state index in [1.54, 1.807) is 18.2 Å². The zero-order valence-corrected chi connectivity index (χ0v) is 15.5. The van der Waals surface area contributed by atoms with Crippen LogP contribution in [0.5, 0.6) is 11.5 Å². The van der Waals surface area contributed by atoms with Gasteiger partial charge >= 0.3 is 11.8 Å². The molecule has 28 heavy (non-hydrogen) atoms. The number of rotatable bonds is 10. The van der Waals surface area contributed by atoms with E-state index in [2.05, 4.69) is 22.4 Å². The minimum absolute atomic E-state index is 0.0125. The minimum Gasteiger partial charge on any atom is -0.454 e. The largest absolute Gasteiger partial charge is 0.454 e. The van der Waals surface area contributed by atoms with Crippen molar-refractivity contribution in [2.24, 2.45) is 0 Å². The first-order chi connectivity index (χ1) is 13.6. The van der Waals surface area contributed by atoms with Crippen molar-refractivity contribution >= 4 is 18.0 Å². The van der Waals surface area contributed by atoms with Gasteiger partial charge in [0.25, 0.3) is 0 Å². The molecule has 0 radical (unpaired) electrons. The Morgan fingerprint density at radius 3 is 2.93 bits per heavy atom. The number of carbonyl (C=O) groups excluding carboxylic acids is 2. The number of aromatic nitrogens is 2. The highest BCUT2D eigenvalue weighted by molar-refractivity contribution is 6.01. The topological polar surface area (TPSA) is 127 Å². The van der Waals surface area contributed by atoms with Gasteiger partial charge in [0.2, 0.25) is 19.1 Å². The van der Waals surface area contributed by atoms with Crippen LogP contribution in [0.25, 0.3) is 0 Å². The van der Waals surface area contributed by atoms with Crippen LogP contribution in [0, 0.1) is 0 Å². The number of hydroxylamine groups is 2. The Bertz CT molecular complexity index is 824. The van der Waals surface area contributed by atoms with E-state index in [-0.39, 0.29) is 31.0 Å². The summed E-state index contributed by atoms with van der Waals surface area (Å²) in [6.45, 7) is 2.23. The molecule has 2 aromatic rings. The highest BCUT2D eigenvalue weighted by Crippen LogP contribution is 2.34. The number of hydrogen-bond donors (Lipinski definition) is 2. The molecule has 0 saturated carbocycles. The van der Waals surface area contributed by atoms with E-state index in [9.17, 15) is 14.8 Å². The summed E-state index contributed by atoms with van der Waals surface area (Å²) >= 11 is 0. The van der Waals surface area contributed by atoms with Crippen molar-refractivity contribution in [1.29, 1.82) is 0 Å². The van der Waals surface area contributed by atoms with Crippen LogP contribution in [0.2, 0.25) is 0 Å². The van der Waals surface area contributed by atoms with Gasteiger partial charge < -0.3 is 19.2 Å². The number of nitrogens with one attached hydrogen (secondary N) is 1. The molecule has 10 heteroatoms. The van der Waals surface area contributed by atoms with Gasteiger partial charge in [-0.15, -0.1) is 10.2 Å². The molecule has 150 valence electrons. The fourth-order valence-corrected chi connectivity index (χ4v) is 2.85. The highest BCUT2D eigenvalue weighted by atomic mass is 16.7. The van der Waals surface area contributed by atoms with E-state index in [0.717, 1.165) is 19.3 Å². The first-order valence-electron chi connectivity index (χ1n) is 9.06. The number of ether oxygens (including phenoxy) is 2. The smallest absolute Gasteiger partial charge is 0.313 e. The Morgan fingerprint density at radius 2 is 2.14 bits per heavy atom. The van der Waals surface area contributed by atoms with Crippen molar-refractivity contribution < 1.29 is 28.7 Å². The SMILES string of the molecule is CCCCC[C@H](CN(O)C=O)c1nnc(C(=O)Nc2ccc3c(c2)OCO3)o1. The van der Waals surface area contributed by atoms with Gasteiger partial charge in [-0.25, -0.2) is 5.06 Å². The van der Waals surface area contributed by atoms with E-state index in [0.29, 0.717) is 35.1 Å². The predicted octanol–water partition coefficient (Wildman–Crippen LogP) is 2.56. The molecule has 0 unspecified atom stereocenters. The number of unbranched alkanes of at least 4 members (excludes halogenated alkanes) is 2. The zero-order valence-electron chi connectivity index (χ0n) is 15.5. The first-order valence-corrected chi connectivity index (χ1v) is 9.06. The van der Waals surface area contributed by atoms with E-state index < -0.39 is 5.91 Å². The van der Waals surface area contributed by atoms with Gasteiger partial charge in [0.05, 0.1) is 12.5 Å². The van der Waals surface area contributed by atoms with Crippen LogP contribution in [0.1, 0.15) is 55.1 Å². The van der Waals surface area contributed by atoms with Crippen molar-refractivity contribution in [2.75, 3.05) is 18.7 Å². The number of amides is 2. The summed E-state index contributed by atoms with van der Waals surface area (Å²) in [5, 5.41) is 20.4. The van der Waals surface area contributed by atoms with Crippen LogP contribution < -0.4 is 14.8 Å². The van der Waals surface area contributed by atoms with Crippen LogP contribution in [-0.2, 0) is 4.79 Å². The lowest BCUT2D eigenvalue weighted by molar-refractivity contribution is -0.151. The molecule has 1 aromatic carbocycles. The Balaban J connectivity index is 1.67. The fourth-order valence-electron chi connectivity index (χ4n) is 2.85. The summed E-state index contributed by atoms with van der Waals surface area (Å²) in [4.78, 5) is 23.1. The summed E-state index contributed by atoms with van der Waals surface area (Å²) < 4.78 is 16.0. The molecular weight excluding hydrogens is 368 g/mol. The van der Waals surface area contributed by atoms with Crippen molar-refractivity contribution in [1.82, 2.24) is 15.3 Å². The standard InChI is InChI=1S/C18H22N4O6/c1-2-3-4-5-12(9-22(25)10-23)17-20-21-18(28-17)16(24)19-13-6-7-14-15(8-13)27-11-26-14/h6-8,10,12,25H,2-5,9,11H2,1H3,(H,19,24)/t12-/m1/s1. The van der Waals surface area contributed by atoms with Gasteiger partial charge in [0.15, 0.2) is 11.5 Å². The van der Waals surface area contributed by atoms with Gasteiger partial charge in [-0.2, -0.15) is 0 Å². The third-order valence-corrected chi connectivity index (χ3v) is 4.30. The Labute approximate surface area is 161 Å². The predicted molar refractivity (Wildman–Crippen MR) is 96.3 cm³/mol. The average Bonchev–Trinajstić information content (AvgIpc) is 3.36. The van der Waals surface area contributed by atoms with E-state index in [4.69, 9.17) is 13.9 Å². The maximum Gasteiger partial charge on any atom is 0.313 e. The normalized spacial score (nSPS) is 13.2. The molecule has 1 aliphatic rings. The summed E-state index contributed by atoms with van der Waals surface area (Å²) in [7, 11) is 0. The molecule has 0 spiro atoms. The molecule has 0 bridgehead atoms. The lowest BCUT2D eigenvalue weighted by Gasteiger charge is -2.16. The molecule has 2 amide bonds. The number of hydrogen-bond acceptors (Lipinski definition) is 8. The zero-order chi connectivity index (χ0) is 19.9. The third-order valence-electron chi connectivity index (χ3n) is 4.30. The molecule has 2 heterocycles. The van der Waals surface area contributed by atoms with Crippen molar-refractivity contribution in [2.45, 2.75) is 38.5 Å². The van der Waals surface area contributed by atoms with Gasteiger partial charge in [-0.05, 0) is 18.6 Å². The molecule has 1 atom stereocenters. The summed E-state index contributed by atoms with van der Waals surface area (Å²) in [5.74, 6) is 0.215. The second-order valence-electron chi connectivity index (χ2n) is 6.39. The van der Waals surface area contributed by atoms with Crippen LogP contribution in [0.3, 0.4) is 0 Å². The lowest BCUT2D eigenvalue weighted by atomic mass is 10.0. The molecule has 0 aliphatic carbocycles. The number of fused-ring (bicyclic) bond motifs is 1. The minimum atomic E-state index is -0.568. The molecule has 0 saturated heterocycles. The second kappa shape index (κ2) is 9.18. The number of anilines is 1. The molecule has 3 rings (SSSR count). The van der Waals surface area contributed by atoms with Crippen molar-refractivity contribution in [3.05, 3.63) is 30.0 Å². The van der Waals surface area contributed by atoms with Gasteiger partial charge in [0.1, 0.15) is 0 Å². The average molecular weight is 390 g/mol. The lowest BCUT2D eigenvalue weighted by Crippen LogP contribution is -2.24.